The molecule has 12 nitrogen and oxygen atoms in total. The summed E-state index contributed by atoms with van der Waals surface area (Å²) in [7, 11) is 1.80. The number of methoxy groups -OCH3 is 1. The number of rotatable bonds is 42. The Morgan fingerprint density at radius 2 is 1.17 bits per heavy atom. The first-order valence-corrected chi connectivity index (χ1v) is 34.0. The third-order valence-electron chi connectivity index (χ3n) is 21.2. The summed E-state index contributed by atoms with van der Waals surface area (Å²) in [4.78, 5) is 56.4. The molecular formula is C70H115NO11. The van der Waals surface area contributed by atoms with Gasteiger partial charge in [-0.2, -0.15) is 0 Å². The number of hydrogen-bond acceptors (Lipinski definition) is 12. The Hall–Kier alpha value is -3.22. The van der Waals surface area contributed by atoms with Gasteiger partial charge in [-0.25, -0.2) is 0 Å². The zero-order valence-corrected chi connectivity index (χ0v) is 53.1. The first-order chi connectivity index (χ1) is 39.5. The van der Waals surface area contributed by atoms with Crippen LogP contribution in [0.15, 0.2) is 12.1 Å². The Morgan fingerprint density at radius 1 is 0.671 bits per heavy atom. The monoisotopic (exact) mass is 1150 g/mol. The van der Waals surface area contributed by atoms with E-state index in [4.69, 9.17) is 28.4 Å². The lowest BCUT2D eigenvalue weighted by Gasteiger charge is -2.75. The number of piperidine rings is 1. The van der Waals surface area contributed by atoms with Crippen molar-refractivity contribution in [1.82, 2.24) is 4.90 Å². The first-order valence-electron chi connectivity index (χ1n) is 34.0. The van der Waals surface area contributed by atoms with Gasteiger partial charge in [0.15, 0.2) is 17.6 Å². The van der Waals surface area contributed by atoms with Crippen LogP contribution in [0.3, 0.4) is 0 Å². The quantitative estimate of drug-likeness (QED) is 0.0288. The summed E-state index contributed by atoms with van der Waals surface area (Å²) in [6, 6.07) is 4.36. The van der Waals surface area contributed by atoms with Gasteiger partial charge in [-0.05, 0) is 100 Å². The Balaban J connectivity index is 0.913. The highest BCUT2D eigenvalue weighted by molar-refractivity contribution is 5.77. The van der Waals surface area contributed by atoms with E-state index in [1.165, 1.54) is 152 Å². The Morgan fingerprint density at radius 3 is 1.66 bits per heavy atom. The second-order valence-electron chi connectivity index (χ2n) is 28.2. The molecule has 7 aliphatic rings. The molecule has 4 bridgehead atoms. The van der Waals surface area contributed by atoms with E-state index in [1.54, 1.807) is 7.11 Å². The number of aliphatic hydroxyl groups is 1. The maximum Gasteiger partial charge on any atom is 0.311 e. The topological polar surface area (TPSA) is 147 Å². The summed E-state index contributed by atoms with van der Waals surface area (Å²) in [6.45, 7) is 16.4. The van der Waals surface area contributed by atoms with Crippen LogP contribution >= 0.6 is 0 Å². The summed E-state index contributed by atoms with van der Waals surface area (Å²) >= 11 is 0. The molecule has 0 radical (unpaired) electrons. The fourth-order valence-corrected chi connectivity index (χ4v) is 15.9. The molecule has 2 spiro atoms. The summed E-state index contributed by atoms with van der Waals surface area (Å²) in [5.41, 5.74) is -0.281. The lowest BCUT2D eigenvalue weighted by atomic mass is 9.33. The van der Waals surface area contributed by atoms with Crippen LogP contribution in [0.1, 0.15) is 291 Å². The molecule has 1 N–H and O–H groups in total. The van der Waals surface area contributed by atoms with Gasteiger partial charge >= 0.3 is 23.9 Å². The minimum absolute atomic E-state index is 0.0479. The molecule has 2 unspecified atom stereocenters. The van der Waals surface area contributed by atoms with Gasteiger partial charge in [-0.1, -0.05) is 202 Å². The van der Waals surface area contributed by atoms with Crippen molar-refractivity contribution >= 4 is 23.9 Å². The average Bonchev–Trinajstić information content (AvgIpc) is 1.55. The van der Waals surface area contributed by atoms with E-state index >= 15 is 0 Å². The Labute approximate surface area is 497 Å². The van der Waals surface area contributed by atoms with Crippen LogP contribution < -0.4 is 9.47 Å². The number of fused-ring (bicyclic) bond motifs is 2. The van der Waals surface area contributed by atoms with Gasteiger partial charge in [0.1, 0.15) is 24.9 Å². The van der Waals surface area contributed by atoms with Gasteiger partial charge in [0.05, 0.1) is 5.60 Å². The summed E-state index contributed by atoms with van der Waals surface area (Å²) in [5, 5.41) is 12.7. The number of carbonyl (C=O) groups excluding carboxylic acids is 4. The van der Waals surface area contributed by atoms with E-state index in [-0.39, 0.29) is 73.7 Å². The molecule has 8 atom stereocenters. The van der Waals surface area contributed by atoms with Gasteiger partial charge in [0.2, 0.25) is 0 Å². The fraction of sp³-hybridized carbons (Fsp3) is 0.857. The summed E-state index contributed by atoms with van der Waals surface area (Å²) < 4.78 is 37.6. The lowest BCUT2D eigenvalue weighted by Crippen LogP contribution is -2.83. The highest BCUT2D eigenvalue weighted by Gasteiger charge is 2.82. The molecule has 2 heterocycles. The number of ether oxygens (including phenoxy) is 6. The Kier molecular flexibility index (Phi) is 25.4. The molecule has 2 aliphatic heterocycles. The molecule has 1 aromatic carbocycles. The molecule has 82 heavy (non-hydrogen) atoms. The van der Waals surface area contributed by atoms with Crippen molar-refractivity contribution in [2.75, 3.05) is 33.4 Å². The second-order valence-corrected chi connectivity index (χ2v) is 28.2. The molecular weight excluding hydrogens is 1030 g/mol. The van der Waals surface area contributed by atoms with Gasteiger partial charge in [0, 0.05) is 67.7 Å². The zero-order valence-electron chi connectivity index (χ0n) is 53.1. The van der Waals surface area contributed by atoms with E-state index in [9.17, 15) is 24.3 Å². The van der Waals surface area contributed by atoms with Crippen molar-refractivity contribution in [2.45, 2.75) is 321 Å². The van der Waals surface area contributed by atoms with Crippen LogP contribution in [0.2, 0.25) is 0 Å². The first kappa shape index (κ1) is 66.3. The lowest BCUT2D eigenvalue weighted by molar-refractivity contribution is -0.312. The van der Waals surface area contributed by atoms with Gasteiger partial charge in [-0.3, -0.25) is 24.1 Å². The SMILES string of the molecule is CCCCCCCCCCCCCCCC(=O)OCC(COC(=O)CCCCCCCCCCCCCCC)OC(=O)CC(C)CC(=O)Oc1ccc2c3c1O[C@H]1[C@@]4(OC)CC[C@@]5(C[C@@H]4[C@](C)(O)C(C)(C)C)C(C2)N(CC2CC2)CC[C@]315. The summed E-state index contributed by atoms with van der Waals surface area (Å²) in [6.07, 6.45) is 37.7. The smallest absolute Gasteiger partial charge is 0.311 e. The fourth-order valence-electron chi connectivity index (χ4n) is 15.9. The third-order valence-corrected chi connectivity index (χ3v) is 21.2. The number of carbonyl (C=O) groups is 4. The predicted octanol–water partition coefficient (Wildman–Crippen LogP) is 16.0. The van der Waals surface area contributed by atoms with Crippen LogP contribution in [-0.4, -0.2) is 96.7 Å². The molecule has 8 rings (SSSR count). The number of benzene rings is 1. The van der Waals surface area contributed by atoms with E-state index < -0.39 is 40.6 Å². The molecule has 0 aromatic heterocycles. The highest BCUT2D eigenvalue weighted by atomic mass is 16.6. The number of nitrogens with zero attached hydrogens (tertiary/aromatic N) is 1. The summed E-state index contributed by atoms with van der Waals surface area (Å²) in [5.74, 6) is -0.608. The largest absolute Gasteiger partial charge is 0.482 e. The molecule has 12 heteroatoms. The van der Waals surface area contributed by atoms with E-state index in [0.29, 0.717) is 17.5 Å². The third kappa shape index (κ3) is 16.4. The molecule has 1 saturated heterocycles. The predicted molar refractivity (Wildman–Crippen MR) is 325 cm³/mol. The van der Waals surface area contributed by atoms with E-state index in [2.05, 4.69) is 45.6 Å². The van der Waals surface area contributed by atoms with Gasteiger partial charge in [-0.15, -0.1) is 0 Å². The van der Waals surface area contributed by atoms with Crippen molar-refractivity contribution in [3.63, 3.8) is 0 Å². The molecule has 4 saturated carbocycles. The molecule has 0 amide bonds. The van der Waals surface area contributed by atoms with Crippen LogP contribution in [0.5, 0.6) is 11.5 Å². The molecule has 5 fully saturated rings. The van der Waals surface area contributed by atoms with Crippen LogP contribution in [0, 0.1) is 28.6 Å². The molecule has 5 aliphatic carbocycles. The van der Waals surface area contributed by atoms with Gasteiger partial charge in [0.25, 0.3) is 0 Å². The zero-order chi connectivity index (χ0) is 58.8. The van der Waals surface area contributed by atoms with Crippen molar-refractivity contribution < 1.29 is 52.7 Å². The normalized spacial score (nSPS) is 25.3. The number of unbranched alkanes of at least 4 members (excludes halogenated alkanes) is 24. The number of esters is 4. The van der Waals surface area contributed by atoms with Crippen molar-refractivity contribution in [3.05, 3.63) is 23.3 Å². The minimum Gasteiger partial charge on any atom is -0.482 e. The van der Waals surface area contributed by atoms with Gasteiger partial charge < -0.3 is 33.5 Å². The Bertz CT molecular complexity index is 2120. The van der Waals surface area contributed by atoms with Crippen LogP contribution in [-0.2, 0) is 50.0 Å². The minimum atomic E-state index is -1.05. The number of likely N-dealkylation sites (tertiary alicyclic amines) is 1. The van der Waals surface area contributed by atoms with Crippen LogP contribution in [0.4, 0.5) is 0 Å². The number of hydrogen-bond donors (Lipinski definition) is 1. The van der Waals surface area contributed by atoms with Crippen molar-refractivity contribution in [1.29, 1.82) is 0 Å². The van der Waals surface area contributed by atoms with Crippen molar-refractivity contribution in [2.24, 2.45) is 28.6 Å². The van der Waals surface area contributed by atoms with Crippen molar-refractivity contribution in [3.8, 4) is 11.5 Å². The highest BCUT2D eigenvalue weighted by Crippen LogP contribution is 2.78. The van der Waals surface area contributed by atoms with Crippen LogP contribution in [0.25, 0.3) is 0 Å². The average molecular weight is 1150 g/mol. The van der Waals surface area contributed by atoms with E-state index in [0.717, 1.165) is 89.6 Å². The maximum absolute atomic E-state index is 14.0. The molecule has 466 valence electrons. The van der Waals surface area contributed by atoms with E-state index in [1.807, 2.05) is 19.9 Å². The maximum atomic E-state index is 14.0. The second kappa shape index (κ2) is 31.4. The standard InChI is InChI=1S/C70H115NO11/c1-9-11-13-15-17-19-21-23-25-27-29-31-33-35-59(72)78-50-55(51-79-60(73)36-34-32-30-28-26-24-22-20-18-16-14-12-10-2)80-61(74)45-52(3)46-62(75)81-56-40-39-54-47-58-68-41-42-70(77-8,57(48-68)67(7,76)66(4,5)6)65-69(68,63(54)64(56)82-65)43-44-71(58)49-53-37-38-53/h39-40,52-53,55,57-58,65,76H,9-38,41-51H2,1-8H3/t52?,57-,58?,65-,67+,68-,69+,70-/m1/s1. The molecule has 1 aromatic rings.